The van der Waals surface area contributed by atoms with E-state index in [-0.39, 0.29) is 16.8 Å². The average Bonchev–Trinajstić information content (AvgIpc) is 2.70. The van der Waals surface area contributed by atoms with Gasteiger partial charge in [0.25, 0.3) is 0 Å². The molecule has 27 heavy (non-hydrogen) atoms. The molecule has 0 saturated carbocycles. The van der Waals surface area contributed by atoms with Crippen LogP contribution in [0.4, 0.5) is 14.5 Å². The fraction of sp³-hybridized carbons (Fsp3) is 0.100. The normalized spacial score (nSPS) is 15.3. The molecule has 0 saturated heterocycles. The molecule has 0 bridgehead atoms. The summed E-state index contributed by atoms with van der Waals surface area (Å²) >= 11 is 5.86. The number of hydrogen-bond donors (Lipinski definition) is 1. The van der Waals surface area contributed by atoms with Crippen molar-refractivity contribution in [2.75, 3.05) is 7.11 Å². The van der Waals surface area contributed by atoms with Gasteiger partial charge in [0, 0.05) is 36.1 Å². The van der Waals surface area contributed by atoms with Crippen LogP contribution >= 0.6 is 11.6 Å². The van der Waals surface area contributed by atoms with Gasteiger partial charge in [-0.3, -0.25) is 4.98 Å². The van der Waals surface area contributed by atoms with Crippen LogP contribution in [-0.4, -0.2) is 18.4 Å². The molecule has 0 aliphatic carbocycles. The number of aliphatic imine (C=N–C) groups is 1. The molecule has 3 aromatic rings. The van der Waals surface area contributed by atoms with Crippen LogP contribution in [0.5, 0.6) is 0 Å². The van der Waals surface area contributed by atoms with Crippen LogP contribution in [0.25, 0.3) is 22.4 Å². The SMILES string of the molecule is COC1NC=Nc2ccc(-c3cccnc3-c3cc(Cl)c(F)cc3F)cc21. The molecule has 1 atom stereocenters. The molecule has 4 nitrogen and oxygen atoms in total. The summed E-state index contributed by atoms with van der Waals surface area (Å²) < 4.78 is 33.4. The molecule has 7 heteroatoms. The fourth-order valence-corrected chi connectivity index (χ4v) is 3.23. The number of pyridine rings is 1. The Labute approximate surface area is 159 Å². The van der Waals surface area contributed by atoms with Crippen LogP contribution in [0.1, 0.15) is 11.8 Å². The van der Waals surface area contributed by atoms with E-state index in [1.165, 1.54) is 6.07 Å². The second-order valence-corrected chi connectivity index (χ2v) is 6.37. The topological polar surface area (TPSA) is 46.5 Å². The Balaban J connectivity index is 1.88. The van der Waals surface area contributed by atoms with Gasteiger partial charge in [-0.1, -0.05) is 23.7 Å². The van der Waals surface area contributed by atoms with Crippen molar-refractivity contribution in [3.8, 4) is 22.4 Å². The van der Waals surface area contributed by atoms with Crippen molar-refractivity contribution in [1.82, 2.24) is 10.3 Å². The summed E-state index contributed by atoms with van der Waals surface area (Å²) in [6.07, 6.45) is 2.80. The van der Waals surface area contributed by atoms with Crippen LogP contribution in [0.15, 0.2) is 53.7 Å². The smallest absolute Gasteiger partial charge is 0.156 e. The van der Waals surface area contributed by atoms with Crippen molar-refractivity contribution in [3.63, 3.8) is 0 Å². The van der Waals surface area contributed by atoms with Crippen LogP contribution in [0.2, 0.25) is 5.02 Å². The van der Waals surface area contributed by atoms with Gasteiger partial charge in [-0.25, -0.2) is 13.8 Å². The number of benzene rings is 2. The van der Waals surface area contributed by atoms with Gasteiger partial charge in [-0.05, 0) is 29.8 Å². The number of hydrogen-bond acceptors (Lipinski definition) is 4. The van der Waals surface area contributed by atoms with Gasteiger partial charge in [0.15, 0.2) is 6.23 Å². The van der Waals surface area contributed by atoms with Crippen molar-refractivity contribution in [2.45, 2.75) is 6.23 Å². The molecule has 1 unspecified atom stereocenters. The summed E-state index contributed by atoms with van der Waals surface area (Å²) in [5, 5.41) is 2.86. The van der Waals surface area contributed by atoms with Gasteiger partial charge in [-0.15, -0.1) is 0 Å². The summed E-state index contributed by atoms with van der Waals surface area (Å²) in [7, 11) is 1.60. The van der Waals surface area contributed by atoms with Crippen LogP contribution in [0.3, 0.4) is 0 Å². The lowest BCUT2D eigenvalue weighted by atomic mass is 9.96. The predicted molar refractivity (Wildman–Crippen MR) is 101 cm³/mol. The molecule has 2 aromatic carbocycles. The first-order chi connectivity index (χ1) is 13.1. The quantitative estimate of drug-likeness (QED) is 0.626. The Morgan fingerprint density at radius 3 is 2.74 bits per heavy atom. The number of nitrogens with one attached hydrogen (secondary N) is 1. The molecule has 0 radical (unpaired) electrons. The Morgan fingerprint density at radius 2 is 1.93 bits per heavy atom. The highest BCUT2D eigenvalue weighted by atomic mass is 35.5. The molecule has 0 spiro atoms. The van der Waals surface area contributed by atoms with Crippen molar-refractivity contribution in [3.05, 3.63) is 70.9 Å². The Kier molecular flexibility index (Phi) is 4.59. The molecule has 1 N–H and O–H groups in total. The summed E-state index contributed by atoms with van der Waals surface area (Å²) in [5.41, 5.74) is 3.63. The van der Waals surface area contributed by atoms with E-state index in [1.54, 1.807) is 25.7 Å². The lowest BCUT2D eigenvalue weighted by molar-refractivity contribution is 0.0915. The zero-order chi connectivity index (χ0) is 19.0. The van der Waals surface area contributed by atoms with Crippen molar-refractivity contribution in [1.29, 1.82) is 0 Å². The number of fused-ring (bicyclic) bond motifs is 1. The van der Waals surface area contributed by atoms with Gasteiger partial charge < -0.3 is 10.1 Å². The number of methoxy groups -OCH3 is 1. The molecule has 1 aliphatic heterocycles. The summed E-state index contributed by atoms with van der Waals surface area (Å²) in [6, 6.07) is 11.2. The highest BCUT2D eigenvalue weighted by Gasteiger charge is 2.20. The molecular weight excluding hydrogens is 372 g/mol. The monoisotopic (exact) mass is 385 g/mol. The molecule has 0 amide bonds. The fourth-order valence-electron chi connectivity index (χ4n) is 3.07. The highest BCUT2D eigenvalue weighted by Crippen LogP contribution is 2.37. The minimum atomic E-state index is -0.809. The maximum absolute atomic E-state index is 14.4. The second-order valence-electron chi connectivity index (χ2n) is 5.96. The van der Waals surface area contributed by atoms with Gasteiger partial charge in [-0.2, -0.15) is 0 Å². The zero-order valence-corrected chi connectivity index (χ0v) is 15.0. The lowest BCUT2D eigenvalue weighted by Crippen LogP contribution is -2.24. The molecule has 2 heterocycles. The average molecular weight is 386 g/mol. The Bertz CT molecular complexity index is 1060. The van der Waals surface area contributed by atoms with Crippen molar-refractivity contribution in [2.24, 2.45) is 4.99 Å². The molecule has 136 valence electrons. The standard InChI is InChI=1S/C20H14ClF2N3O/c1-27-20-14-7-11(4-5-18(14)25-10-26-20)12-3-2-6-24-19(12)13-8-15(21)17(23)9-16(13)22/h2-10,20H,1H3,(H,25,26). The highest BCUT2D eigenvalue weighted by molar-refractivity contribution is 6.31. The number of halogens is 3. The second kappa shape index (κ2) is 7.06. The maximum Gasteiger partial charge on any atom is 0.156 e. The van der Waals surface area contributed by atoms with E-state index in [0.717, 1.165) is 22.9 Å². The van der Waals surface area contributed by atoms with Crippen LogP contribution < -0.4 is 5.32 Å². The third-order valence-electron chi connectivity index (χ3n) is 4.36. The first-order valence-electron chi connectivity index (χ1n) is 8.14. The van der Waals surface area contributed by atoms with Crippen molar-refractivity contribution >= 4 is 23.6 Å². The first-order valence-corrected chi connectivity index (χ1v) is 8.52. The van der Waals surface area contributed by atoms with Crippen molar-refractivity contribution < 1.29 is 13.5 Å². The molecule has 0 fully saturated rings. The van der Waals surface area contributed by atoms with E-state index in [1.807, 2.05) is 24.3 Å². The number of nitrogens with zero attached hydrogens (tertiary/aromatic N) is 2. The van der Waals surface area contributed by atoms with Gasteiger partial charge in [0.2, 0.25) is 0 Å². The third-order valence-corrected chi connectivity index (χ3v) is 4.65. The van der Waals surface area contributed by atoms with Gasteiger partial charge >= 0.3 is 0 Å². The van der Waals surface area contributed by atoms with E-state index in [4.69, 9.17) is 16.3 Å². The first kappa shape index (κ1) is 17.6. The lowest BCUT2D eigenvalue weighted by Gasteiger charge is -2.22. The minimum absolute atomic E-state index is 0.133. The number of aromatic nitrogens is 1. The molecule has 1 aromatic heterocycles. The molecule has 1 aliphatic rings. The zero-order valence-electron chi connectivity index (χ0n) is 14.2. The Hall–Kier alpha value is -2.83. The molecule has 4 rings (SSSR count). The summed E-state index contributed by atoms with van der Waals surface area (Å²) in [4.78, 5) is 8.60. The molecular formula is C20H14ClF2N3O. The third kappa shape index (κ3) is 3.18. The van der Waals surface area contributed by atoms with Gasteiger partial charge in [0.05, 0.1) is 22.7 Å². The number of rotatable bonds is 3. The van der Waals surface area contributed by atoms with E-state index >= 15 is 0 Å². The van der Waals surface area contributed by atoms with Crippen LogP contribution in [0, 0.1) is 11.6 Å². The summed E-state index contributed by atoms with van der Waals surface area (Å²) in [6.45, 7) is 0. The number of ether oxygens (including phenoxy) is 1. The predicted octanol–water partition coefficient (Wildman–Crippen LogP) is 5.26. The van der Waals surface area contributed by atoms with E-state index < -0.39 is 11.6 Å². The maximum atomic E-state index is 14.4. The minimum Gasteiger partial charge on any atom is -0.357 e. The van der Waals surface area contributed by atoms with E-state index in [2.05, 4.69) is 15.3 Å². The van der Waals surface area contributed by atoms with Gasteiger partial charge in [0.1, 0.15) is 11.6 Å². The largest absolute Gasteiger partial charge is 0.357 e. The van der Waals surface area contributed by atoms with Crippen LogP contribution in [-0.2, 0) is 4.74 Å². The van der Waals surface area contributed by atoms with E-state index in [0.29, 0.717) is 11.3 Å². The Morgan fingerprint density at radius 1 is 1.07 bits per heavy atom. The summed E-state index contributed by atoms with van der Waals surface area (Å²) in [5.74, 6) is -1.54. The van der Waals surface area contributed by atoms with E-state index in [9.17, 15) is 8.78 Å².